The molecule has 1 N–H and O–H groups in total. The molecule has 1 saturated carbocycles. The molecule has 112 valence electrons. The Bertz CT molecular complexity index is 508. The van der Waals surface area contributed by atoms with Gasteiger partial charge >= 0.3 is 5.97 Å². The molecule has 1 saturated heterocycles. The summed E-state index contributed by atoms with van der Waals surface area (Å²) in [6.07, 6.45) is 7.88. The van der Waals surface area contributed by atoms with Crippen molar-refractivity contribution in [1.82, 2.24) is 0 Å². The number of hydrogen-bond donors (Lipinski definition) is 1. The largest absolute Gasteiger partial charge is 0.462 e. The molecule has 0 radical (unpaired) electrons. The molecule has 4 atom stereocenters. The van der Waals surface area contributed by atoms with Gasteiger partial charge in [0.05, 0.1) is 12.5 Å². The van der Waals surface area contributed by atoms with Crippen LogP contribution in [0.15, 0.2) is 42.5 Å². The van der Waals surface area contributed by atoms with Gasteiger partial charge in [0.2, 0.25) is 0 Å². The number of allylic oxidation sites excluding steroid dienone is 1. The molecule has 0 spiro atoms. The predicted molar refractivity (Wildman–Crippen MR) is 80.6 cm³/mol. The third kappa shape index (κ3) is 3.53. The van der Waals surface area contributed by atoms with Crippen molar-refractivity contribution in [3.05, 3.63) is 48.0 Å². The van der Waals surface area contributed by atoms with Crippen LogP contribution >= 0.6 is 0 Å². The van der Waals surface area contributed by atoms with Crippen molar-refractivity contribution in [2.75, 3.05) is 0 Å². The van der Waals surface area contributed by atoms with Crippen molar-refractivity contribution in [2.45, 2.75) is 44.3 Å². The van der Waals surface area contributed by atoms with Gasteiger partial charge in [-0.3, -0.25) is 4.79 Å². The number of ether oxygens (including phenoxy) is 1. The second-order valence-electron chi connectivity index (χ2n) is 6.11. The third-order valence-corrected chi connectivity index (χ3v) is 4.65. The van der Waals surface area contributed by atoms with Crippen LogP contribution in [0, 0.1) is 11.8 Å². The molecule has 3 nitrogen and oxygen atoms in total. The van der Waals surface area contributed by atoms with E-state index in [4.69, 9.17) is 4.74 Å². The van der Waals surface area contributed by atoms with Crippen LogP contribution in [0.25, 0.3) is 0 Å². The number of carbonyl (C=O) groups is 1. The lowest BCUT2D eigenvalue weighted by molar-refractivity contribution is -0.141. The molecule has 1 aromatic carbocycles. The van der Waals surface area contributed by atoms with Crippen LogP contribution in [0.5, 0.6) is 0 Å². The number of benzene rings is 1. The fraction of sp³-hybridized carbons (Fsp3) is 0.500. The first kappa shape index (κ1) is 14.3. The highest BCUT2D eigenvalue weighted by Crippen LogP contribution is 2.41. The number of carbonyl (C=O) groups excluding carboxylic acids is 1. The lowest BCUT2D eigenvalue weighted by Crippen LogP contribution is -2.13. The normalized spacial score (nSPS) is 29.6. The topological polar surface area (TPSA) is 46.5 Å². The van der Waals surface area contributed by atoms with E-state index < -0.39 is 6.10 Å². The maximum atomic E-state index is 11.3. The van der Waals surface area contributed by atoms with Crippen LogP contribution in [0.4, 0.5) is 0 Å². The van der Waals surface area contributed by atoms with Gasteiger partial charge in [-0.1, -0.05) is 42.5 Å². The quantitative estimate of drug-likeness (QED) is 0.669. The van der Waals surface area contributed by atoms with Crippen LogP contribution in [0.1, 0.15) is 31.2 Å². The first-order valence-corrected chi connectivity index (χ1v) is 7.82. The highest BCUT2D eigenvalue weighted by molar-refractivity contribution is 5.72. The molecule has 3 rings (SSSR count). The third-order valence-electron chi connectivity index (χ3n) is 4.65. The maximum Gasteiger partial charge on any atom is 0.306 e. The van der Waals surface area contributed by atoms with E-state index in [1.807, 2.05) is 24.3 Å². The summed E-state index contributed by atoms with van der Waals surface area (Å²) in [4.78, 5) is 11.3. The van der Waals surface area contributed by atoms with Crippen molar-refractivity contribution >= 4 is 5.97 Å². The summed E-state index contributed by atoms with van der Waals surface area (Å²) in [5.74, 6) is 0.649. The molecule has 1 aliphatic carbocycles. The number of aliphatic hydroxyl groups excluding tert-OH is 1. The number of aryl methyl sites for hydroxylation is 1. The highest BCUT2D eigenvalue weighted by Gasteiger charge is 2.43. The average Bonchev–Trinajstić information content (AvgIpc) is 3.03. The Hall–Kier alpha value is -1.61. The molecule has 2 aliphatic rings. The van der Waals surface area contributed by atoms with Gasteiger partial charge < -0.3 is 9.84 Å². The minimum atomic E-state index is -0.415. The fourth-order valence-corrected chi connectivity index (χ4v) is 3.46. The second-order valence-corrected chi connectivity index (χ2v) is 6.11. The predicted octanol–water partition coefficient (Wildman–Crippen LogP) is 2.88. The Labute approximate surface area is 125 Å². The molecular formula is C18H22O3. The molecule has 1 aliphatic heterocycles. The summed E-state index contributed by atoms with van der Waals surface area (Å²) in [6, 6.07) is 10.2. The van der Waals surface area contributed by atoms with Crippen LogP contribution in [0.2, 0.25) is 0 Å². The molecule has 2 fully saturated rings. The average molecular weight is 286 g/mol. The van der Waals surface area contributed by atoms with Gasteiger partial charge in [-0.15, -0.1) is 0 Å². The van der Waals surface area contributed by atoms with Gasteiger partial charge in [-0.05, 0) is 37.2 Å². The second kappa shape index (κ2) is 6.44. The summed E-state index contributed by atoms with van der Waals surface area (Å²) in [6.45, 7) is 0. The highest BCUT2D eigenvalue weighted by atomic mass is 16.5. The van der Waals surface area contributed by atoms with Gasteiger partial charge in [-0.25, -0.2) is 0 Å². The zero-order valence-electron chi connectivity index (χ0n) is 12.2. The Morgan fingerprint density at radius 3 is 2.90 bits per heavy atom. The van der Waals surface area contributed by atoms with Crippen molar-refractivity contribution in [1.29, 1.82) is 0 Å². The Morgan fingerprint density at radius 1 is 1.29 bits per heavy atom. The van der Waals surface area contributed by atoms with E-state index >= 15 is 0 Å². The lowest BCUT2D eigenvalue weighted by Gasteiger charge is -2.12. The molecule has 1 aromatic rings. The number of fused-ring (bicyclic) bond motifs is 1. The lowest BCUT2D eigenvalue weighted by atomic mass is 9.92. The fourth-order valence-electron chi connectivity index (χ4n) is 3.46. The zero-order chi connectivity index (χ0) is 14.7. The summed E-state index contributed by atoms with van der Waals surface area (Å²) >= 11 is 0. The first-order valence-electron chi connectivity index (χ1n) is 7.82. The Morgan fingerprint density at radius 2 is 2.10 bits per heavy atom. The van der Waals surface area contributed by atoms with E-state index in [9.17, 15) is 9.90 Å². The van der Waals surface area contributed by atoms with E-state index in [0.29, 0.717) is 18.3 Å². The summed E-state index contributed by atoms with van der Waals surface area (Å²) in [5.41, 5.74) is 1.25. The first-order chi connectivity index (χ1) is 10.2. The Kier molecular flexibility index (Phi) is 4.39. The smallest absolute Gasteiger partial charge is 0.306 e. The van der Waals surface area contributed by atoms with Gasteiger partial charge in [0.25, 0.3) is 0 Å². The minimum Gasteiger partial charge on any atom is -0.462 e. The molecule has 1 heterocycles. The minimum absolute atomic E-state index is 0.0623. The van der Waals surface area contributed by atoms with E-state index in [0.717, 1.165) is 25.7 Å². The van der Waals surface area contributed by atoms with Crippen molar-refractivity contribution in [3.63, 3.8) is 0 Å². The van der Waals surface area contributed by atoms with E-state index in [1.165, 1.54) is 5.56 Å². The molecule has 3 heteroatoms. The number of rotatable bonds is 5. The molecule has 0 aromatic heterocycles. The van der Waals surface area contributed by atoms with Gasteiger partial charge in [0.15, 0.2) is 0 Å². The number of hydrogen-bond acceptors (Lipinski definition) is 3. The zero-order valence-corrected chi connectivity index (χ0v) is 12.2. The Balaban J connectivity index is 1.48. The van der Waals surface area contributed by atoms with Crippen LogP contribution in [-0.2, 0) is 16.0 Å². The molecule has 0 amide bonds. The summed E-state index contributed by atoms with van der Waals surface area (Å²) < 4.78 is 5.29. The molecule has 21 heavy (non-hydrogen) atoms. The van der Waals surface area contributed by atoms with Gasteiger partial charge in [-0.2, -0.15) is 0 Å². The monoisotopic (exact) mass is 286 g/mol. The van der Waals surface area contributed by atoms with E-state index in [1.54, 1.807) is 0 Å². The van der Waals surface area contributed by atoms with Gasteiger partial charge in [0.1, 0.15) is 6.10 Å². The summed E-state index contributed by atoms with van der Waals surface area (Å²) in [5, 5.41) is 10.1. The van der Waals surface area contributed by atoms with Crippen LogP contribution in [-0.4, -0.2) is 23.3 Å². The molecular weight excluding hydrogens is 264 g/mol. The van der Waals surface area contributed by atoms with Crippen molar-refractivity contribution in [2.24, 2.45) is 11.8 Å². The van der Waals surface area contributed by atoms with Crippen molar-refractivity contribution < 1.29 is 14.6 Å². The molecule has 0 bridgehead atoms. The number of aliphatic hydroxyl groups is 1. The van der Waals surface area contributed by atoms with Gasteiger partial charge in [0, 0.05) is 5.92 Å². The standard InChI is InChI=1S/C18H22O3/c19-15(9-6-13-4-2-1-3-5-13)10-7-14-8-11-17-16(14)12-18(20)21-17/h1-5,7,10,14-17,19H,6,8-9,11-12H2/t14-,15?,16?,17+/m0/s1. The van der Waals surface area contributed by atoms with E-state index in [2.05, 4.69) is 18.2 Å². The van der Waals surface area contributed by atoms with Crippen LogP contribution < -0.4 is 0 Å². The summed E-state index contributed by atoms with van der Waals surface area (Å²) in [7, 11) is 0. The molecule has 2 unspecified atom stereocenters. The van der Waals surface area contributed by atoms with Crippen molar-refractivity contribution in [3.8, 4) is 0 Å². The van der Waals surface area contributed by atoms with E-state index in [-0.39, 0.29) is 12.1 Å². The van der Waals surface area contributed by atoms with Crippen LogP contribution in [0.3, 0.4) is 0 Å². The number of esters is 1. The maximum absolute atomic E-state index is 11.3. The SMILES string of the molecule is O=C1CC2[C@@H](C=CC(O)CCc3ccccc3)CC[C@H]2O1.